The molecule has 0 radical (unpaired) electrons. The van der Waals surface area contributed by atoms with E-state index in [1.165, 1.54) is 29.2 Å². The van der Waals surface area contributed by atoms with Gasteiger partial charge in [-0.05, 0) is 24.3 Å². The molecule has 10 heteroatoms. The van der Waals surface area contributed by atoms with Crippen molar-refractivity contribution in [2.75, 3.05) is 16.8 Å². The van der Waals surface area contributed by atoms with Gasteiger partial charge < -0.3 is 10.2 Å². The summed E-state index contributed by atoms with van der Waals surface area (Å²) in [4.78, 5) is 36.3. The molecule has 1 fully saturated rings. The van der Waals surface area contributed by atoms with Crippen LogP contribution in [-0.4, -0.2) is 23.3 Å². The molecule has 7 nitrogen and oxygen atoms in total. The molecule has 1 N–H and O–H groups in total. The van der Waals surface area contributed by atoms with Crippen molar-refractivity contribution in [2.45, 2.75) is 6.42 Å². The Morgan fingerprint density at radius 2 is 1.96 bits per heavy atom. The van der Waals surface area contributed by atoms with Crippen molar-refractivity contribution in [1.82, 2.24) is 0 Å². The fraction of sp³-hybridized carbons (Fsp3) is 0.176. The third kappa shape index (κ3) is 4.01. The molecule has 1 aliphatic rings. The van der Waals surface area contributed by atoms with Gasteiger partial charge in [-0.3, -0.25) is 19.7 Å². The van der Waals surface area contributed by atoms with Crippen LogP contribution in [0.15, 0.2) is 36.4 Å². The number of hydrogen-bond acceptors (Lipinski definition) is 4. The maximum Gasteiger partial charge on any atom is 0.271 e. The maximum absolute atomic E-state index is 13.3. The Labute approximate surface area is 162 Å². The quantitative estimate of drug-likeness (QED) is 0.606. The zero-order valence-electron chi connectivity index (χ0n) is 13.6. The average Bonchev–Trinajstić information content (AvgIpc) is 3.01. The van der Waals surface area contributed by atoms with Gasteiger partial charge in [-0.1, -0.05) is 23.2 Å². The number of amides is 2. The minimum Gasteiger partial charge on any atom is -0.324 e. The van der Waals surface area contributed by atoms with Crippen LogP contribution in [-0.2, 0) is 9.59 Å². The second kappa shape index (κ2) is 7.50. The van der Waals surface area contributed by atoms with Gasteiger partial charge >= 0.3 is 0 Å². The first kappa shape index (κ1) is 19.1. The van der Waals surface area contributed by atoms with Gasteiger partial charge in [0.15, 0.2) is 0 Å². The summed E-state index contributed by atoms with van der Waals surface area (Å²) < 4.78 is 13.3. The molecule has 0 aromatic heterocycles. The second-order valence-electron chi connectivity index (χ2n) is 5.91. The van der Waals surface area contributed by atoms with Crippen molar-refractivity contribution in [3.63, 3.8) is 0 Å². The van der Waals surface area contributed by atoms with Gasteiger partial charge in [0.2, 0.25) is 11.8 Å². The van der Waals surface area contributed by atoms with E-state index in [1.807, 2.05) is 0 Å². The highest BCUT2D eigenvalue weighted by Gasteiger charge is 2.35. The summed E-state index contributed by atoms with van der Waals surface area (Å²) >= 11 is 11.7. The summed E-state index contributed by atoms with van der Waals surface area (Å²) in [6.07, 6.45) is -0.0621. The van der Waals surface area contributed by atoms with E-state index in [9.17, 15) is 24.1 Å². The summed E-state index contributed by atoms with van der Waals surface area (Å²) in [7, 11) is 0. The number of non-ortho nitro benzene ring substituents is 1. The van der Waals surface area contributed by atoms with Crippen molar-refractivity contribution in [3.8, 4) is 0 Å². The van der Waals surface area contributed by atoms with Crippen LogP contribution in [0.2, 0.25) is 10.0 Å². The number of nitro groups is 1. The molecular weight excluding hydrogens is 400 g/mol. The fourth-order valence-electron chi connectivity index (χ4n) is 2.74. The zero-order chi connectivity index (χ0) is 19.7. The number of anilines is 2. The molecule has 140 valence electrons. The summed E-state index contributed by atoms with van der Waals surface area (Å²) in [6.45, 7) is 0.0686. The summed E-state index contributed by atoms with van der Waals surface area (Å²) in [5.74, 6) is -2.12. The predicted molar refractivity (Wildman–Crippen MR) is 98.6 cm³/mol. The van der Waals surface area contributed by atoms with Crippen molar-refractivity contribution < 1.29 is 18.9 Å². The molecule has 27 heavy (non-hydrogen) atoms. The van der Waals surface area contributed by atoms with Crippen LogP contribution in [0.25, 0.3) is 0 Å². The first-order valence-electron chi connectivity index (χ1n) is 7.76. The fourth-order valence-corrected chi connectivity index (χ4v) is 3.08. The minimum atomic E-state index is -0.698. The molecule has 2 aromatic rings. The van der Waals surface area contributed by atoms with Crippen LogP contribution < -0.4 is 10.2 Å². The highest BCUT2D eigenvalue weighted by Crippen LogP contribution is 2.31. The largest absolute Gasteiger partial charge is 0.324 e. The lowest BCUT2D eigenvalue weighted by Crippen LogP contribution is -2.28. The van der Waals surface area contributed by atoms with Gasteiger partial charge in [-0.2, -0.15) is 0 Å². The third-order valence-corrected chi connectivity index (χ3v) is 4.75. The number of nitro benzene ring substituents is 1. The molecule has 0 aliphatic carbocycles. The Bertz CT molecular complexity index is 954. The van der Waals surface area contributed by atoms with Gasteiger partial charge in [-0.15, -0.1) is 0 Å². The molecule has 1 saturated heterocycles. The molecular formula is C17H12Cl2FN3O4. The molecule has 0 spiro atoms. The molecule has 1 heterocycles. The Balaban J connectivity index is 1.75. The van der Waals surface area contributed by atoms with Crippen molar-refractivity contribution in [3.05, 3.63) is 62.4 Å². The van der Waals surface area contributed by atoms with Gasteiger partial charge in [0.05, 0.1) is 26.6 Å². The van der Waals surface area contributed by atoms with Gasteiger partial charge in [-0.25, -0.2) is 4.39 Å². The number of carbonyl (C=O) groups is 2. The maximum atomic E-state index is 13.3. The number of rotatable bonds is 4. The smallest absolute Gasteiger partial charge is 0.271 e. The normalized spacial score (nSPS) is 16.5. The Hall–Kier alpha value is -2.71. The van der Waals surface area contributed by atoms with Crippen LogP contribution in [0.4, 0.5) is 21.5 Å². The van der Waals surface area contributed by atoms with Crippen molar-refractivity contribution in [1.29, 1.82) is 0 Å². The first-order chi connectivity index (χ1) is 12.8. The van der Waals surface area contributed by atoms with Crippen molar-refractivity contribution >= 4 is 52.1 Å². The SMILES string of the molecule is O=C(Nc1cc([N+](=O)[O-])ccc1Cl)C1CC(=O)N(c2ccc(F)c(Cl)c2)C1. The van der Waals surface area contributed by atoms with Crippen LogP contribution >= 0.6 is 23.2 Å². The van der Waals surface area contributed by atoms with E-state index in [-0.39, 0.29) is 40.3 Å². The predicted octanol–water partition coefficient (Wildman–Crippen LogP) is 4.03. The van der Waals surface area contributed by atoms with E-state index in [1.54, 1.807) is 0 Å². The number of nitrogens with one attached hydrogen (secondary N) is 1. The molecule has 3 rings (SSSR count). The Morgan fingerprint density at radius 1 is 1.22 bits per heavy atom. The molecule has 2 amide bonds. The van der Waals surface area contributed by atoms with E-state index < -0.39 is 22.6 Å². The lowest BCUT2D eigenvalue weighted by Gasteiger charge is -2.17. The minimum absolute atomic E-state index is 0.0621. The van der Waals surface area contributed by atoms with Crippen LogP contribution in [0.1, 0.15) is 6.42 Å². The number of benzene rings is 2. The van der Waals surface area contributed by atoms with E-state index in [0.717, 1.165) is 12.1 Å². The van der Waals surface area contributed by atoms with Gasteiger partial charge in [0.1, 0.15) is 5.82 Å². The molecule has 0 bridgehead atoms. The first-order valence-corrected chi connectivity index (χ1v) is 8.52. The Kier molecular flexibility index (Phi) is 5.29. The lowest BCUT2D eigenvalue weighted by atomic mass is 10.1. The topological polar surface area (TPSA) is 92.5 Å². The second-order valence-corrected chi connectivity index (χ2v) is 6.73. The van der Waals surface area contributed by atoms with E-state index >= 15 is 0 Å². The highest BCUT2D eigenvalue weighted by molar-refractivity contribution is 6.34. The highest BCUT2D eigenvalue weighted by atomic mass is 35.5. The molecule has 1 atom stereocenters. The number of halogens is 3. The van der Waals surface area contributed by atoms with Gasteiger partial charge in [0.25, 0.3) is 5.69 Å². The van der Waals surface area contributed by atoms with Crippen LogP contribution in [0.3, 0.4) is 0 Å². The molecule has 2 aromatic carbocycles. The van der Waals surface area contributed by atoms with Crippen LogP contribution in [0, 0.1) is 21.8 Å². The van der Waals surface area contributed by atoms with Crippen molar-refractivity contribution in [2.24, 2.45) is 5.92 Å². The number of carbonyl (C=O) groups excluding carboxylic acids is 2. The monoisotopic (exact) mass is 411 g/mol. The summed E-state index contributed by atoms with van der Waals surface area (Å²) in [5.41, 5.74) is 0.251. The third-order valence-electron chi connectivity index (χ3n) is 4.13. The number of hydrogen-bond donors (Lipinski definition) is 1. The van der Waals surface area contributed by atoms with E-state index in [2.05, 4.69) is 5.32 Å². The zero-order valence-corrected chi connectivity index (χ0v) is 15.1. The van der Waals surface area contributed by atoms with E-state index in [0.29, 0.717) is 5.69 Å². The lowest BCUT2D eigenvalue weighted by molar-refractivity contribution is -0.384. The molecule has 1 unspecified atom stereocenters. The standard InChI is InChI=1S/C17H12Cl2FN3O4/c18-12-3-1-11(23(26)27)7-15(12)21-17(25)9-5-16(24)22(8-9)10-2-4-14(20)13(19)6-10/h1-4,6-7,9H,5,8H2,(H,21,25). The summed E-state index contributed by atoms with van der Waals surface area (Å²) in [5, 5.41) is 13.4. The van der Waals surface area contributed by atoms with Crippen LogP contribution in [0.5, 0.6) is 0 Å². The van der Waals surface area contributed by atoms with E-state index in [4.69, 9.17) is 23.2 Å². The van der Waals surface area contributed by atoms with Gasteiger partial charge in [0, 0.05) is 30.8 Å². The molecule has 0 saturated carbocycles. The Morgan fingerprint density at radius 3 is 2.63 bits per heavy atom. The number of nitrogens with zero attached hydrogens (tertiary/aromatic N) is 2. The summed E-state index contributed by atoms with van der Waals surface area (Å²) in [6, 6.07) is 7.53. The average molecular weight is 412 g/mol. The molecule has 1 aliphatic heterocycles.